The number of hydrogen-bond acceptors (Lipinski definition) is 5. The summed E-state index contributed by atoms with van der Waals surface area (Å²) in [4.78, 5) is 12.7. The van der Waals surface area contributed by atoms with Gasteiger partial charge in [0.15, 0.2) is 6.23 Å². The molecule has 1 aromatic rings. The van der Waals surface area contributed by atoms with Crippen LogP contribution in [0.5, 0.6) is 0 Å². The second kappa shape index (κ2) is 10.7. The van der Waals surface area contributed by atoms with Crippen molar-refractivity contribution >= 4 is 34.3 Å². The largest absolute Gasteiger partial charge is 0.466 e. The number of ether oxygens (including phenoxy) is 1. The van der Waals surface area contributed by atoms with Gasteiger partial charge in [0.25, 0.3) is 0 Å². The van der Waals surface area contributed by atoms with Crippen LogP contribution in [0.4, 0.5) is 0 Å². The molecule has 0 spiro atoms. The molecule has 1 atom stereocenters. The molecule has 1 aliphatic heterocycles. The van der Waals surface area contributed by atoms with E-state index in [0.29, 0.717) is 23.9 Å². The topological polar surface area (TPSA) is 63.5 Å². The second-order valence-electron chi connectivity index (χ2n) is 6.27. The molecule has 0 saturated carbocycles. The summed E-state index contributed by atoms with van der Waals surface area (Å²) < 4.78 is 7.96. The van der Waals surface area contributed by atoms with Gasteiger partial charge in [-0.2, -0.15) is 0 Å². The first-order chi connectivity index (χ1) is 12.5. The van der Waals surface area contributed by atoms with Gasteiger partial charge in [0.2, 0.25) is 0 Å². The zero-order valence-corrected chi connectivity index (χ0v) is 17.1. The molecule has 1 fully saturated rings. The number of nitrogens with zero attached hydrogens (tertiary/aromatic N) is 1. The zero-order chi connectivity index (χ0) is 18.9. The van der Waals surface area contributed by atoms with Gasteiger partial charge < -0.3 is 19.7 Å². The van der Waals surface area contributed by atoms with E-state index >= 15 is 0 Å². The van der Waals surface area contributed by atoms with Gasteiger partial charge in [0.05, 0.1) is 13.0 Å². The SMILES string of the molecule is CCCCOC(=O)CCn1cccc1CC/C(CC)=C1/SC(=S)NC1O. The summed E-state index contributed by atoms with van der Waals surface area (Å²) in [6.45, 7) is 5.32. The van der Waals surface area contributed by atoms with E-state index in [-0.39, 0.29) is 5.97 Å². The number of hydrogen-bond donors (Lipinski definition) is 2. The summed E-state index contributed by atoms with van der Waals surface area (Å²) in [5.74, 6) is -0.139. The van der Waals surface area contributed by atoms with Gasteiger partial charge in [-0.3, -0.25) is 4.79 Å². The maximum Gasteiger partial charge on any atom is 0.307 e. The minimum Gasteiger partial charge on any atom is -0.466 e. The molecule has 0 aromatic carbocycles. The molecule has 1 unspecified atom stereocenters. The summed E-state index contributed by atoms with van der Waals surface area (Å²) in [7, 11) is 0. The van der Waals surface area contributed by atoms with E-state index in [4.69, 9.17) is 17.0 Å². The number of nitrogens with one attached hydrogen (secondary N) is 1. The Morgan fingerprint density at radius 3 is 2.88 bits per heavy atom. The van der Waals surface area contributed by atoms with Crippen LogP contribution in [0.1, 0.15) is 51.6 Å². The molecule has 1 aromatic heterocycles. The number of carbonyl (C=O) groups is 1. The Morgan fingerprint density at radius 2 is 2.23 bits per heavy atom. The van der Waals surface area contributed by atoms with Crippen LogP contribution in [0.15, 0.2) is 28.8 Å². The Bertz CT molecular complexity index is 655. The van der Waals surface area contributed by atoms with E-state index in [0.717, 1.165) is 37.0 Å². The fraction of sp³-hybridized carbons (Fsp3) is 0.579. The third-order valence-electron chi connectivity index (χ3n) is 4.41. The summed E-state index contributed by atoms with van der Waals surface area (Å²) in [5.41, 5.74) is 2.41. The molecule has 2 N–H and O–H groups in total. The Kier molecular flexibility index (Phi) is 8.68. The number of unbranched alkanes of at least 4 members (excludes halogenated alkanes) is 1. The first kappa shape index (κ1) is 21.0. The van der Waals surface area contributed by atoms with E-state index in [9.17, 15) is 9.90 Å². The second-order valence-corrected chi connectivity index (χ2v) is 7.99. The van der Waals surface area contributed by atoms with Crippen molar-refractivity contribution in [3.8, 4) is 0 Å². The van der Waals surface area contributed by atoms with Gasteiger partial charge in [-0.05, 0) is 37.8 Å². The number of carbonyl (C=O) groups excluding carboxylic acids is 1. The van der Waals surface area contributed by atoms with Crippen LogP contribution in [0, 0.1) is 0 Å². The van der Waals surface area contributed by atoms with Crippen LogP contribution < -0.4 is 5.32 Å². The molecule has 2 heterocycles. The summed E-state index contributed by atoms with van der Waals surface area (Å²) >= 11 is 6.58. The first-order valence-electron chi connectivity index (χ1n) is 9.23. The highest BCUT2D eigenvalue weighted by molar-refractivity contribution is 8.25. The van der Waals surface area contributed by atoms with Crippen LogP contribution in [-0.4, -0.2) is 32.8 Å². The Hall–Kier alpha value is -1.31. The van der Waals surface area contributed by atoms with Crippen LogP contribution in [0.3, 0.4) is 0 Å². The third-order valence-corrected chi connectivity index (χ3v) is 5.81. The molecule has 1 aliphatic rings. The van der Waals surface area contributed by atoms with Crippen LogP contribution >= 0.6 is 24.0 Å². The minimum absolute atomic E-state index is 0.139. The quantitative estimate of drug-likeness (QED) is 0.357. The van der Waals surface area contributed by atoms with E-state index in [2.05, 4.69) is 29.8 Å². The average Bonchev–Trinajstić information content (AvgIpc) is 3.20. The fourth-order valence-electron chi connectivity index (χ4n) is 2.89. The van der Waals surface area contributed by atoms with Crippen molar-refractivity contribution in [2.24, 2.45) is 0 Å². The third kappa shape index (κ3) is 6.14. The smallest absolute Gasteiger partial charge is 0.307 e. The van der Waals surface area contributed by atoms with Crippen molar-refractivity contribution in [1.29, 1.82) is 0 Å². The van der Waals surface area contributed by atoms with Crippen molar-refractivity contribution in [3.63, 3.8) is 0 Å². The number of aliphatic hydroxyl groups is 1. The maximum atomic E-state index is 11.8. The lowest BCUT2D eigenvalue weighted by atomic mass is 10.0. The molecule has 0 aliphatic carbocycles. The number of aryl methyl sites for hydroxylation is 2. The molecular formula is C19H28N2O3S2. The van der Waals surface area contributed by atoms with E-state index in [1.54, 1.807) is 0 Å². The Labute approximate surface area is 165 Å². The van der Waals surface area contributed by atoms with Crippen LogP contribution in [0.2, 0.25) is 0 Å². The molecule has 5 nitrogen and oxygen atoms in total. The lowest BCUT2D eigenvalue weighted by Gasteiger charge is -2.13. The molecule has 0 radical (unpaired) electrons. The number of aliphatic hydroxyl groups excluding tert-OH is 1. The van der Waals surface area contributed by atoms with Crippen LogP contribution in [-0.2, 0) is 22.5 Å². The zero-order valence-electron chi connectivity index (χ0n) is 15.5. The van der Waals surface area contributed by atoms with Crippen molar-refractivity contribution in [3.05, 3.63) is 34.5 Å². The molecule has 0 bridgehead atoms. The van der Waals surface area contributed by atoms with Crippen molar-refractivity contribution in [2.75, 3.05) is 6.61 Å². The average molecular weight is 397 g/mol. The molecule has 2 rings (SSSR count). The monoisotopic (exact) mass is 396 g/mol. The van der Waals surface area contributed by atoms with Gasteiger partial charge in [-0.1, -0.05) is 49.8 Å². The number of rotatable bonds is 10. The normalized spacial score (nSPS) is 18.7. The molecular weight excluding hydrogens is 368 g/mol. The van der Waals surface area contributed by atoms with Crippen molar-refractivity contribution < 1.29 is 14.6 Å². The molecule has 0 amide bonds. The molecule has 7 heteroatoms. The first-order valence-corrected chi connectivity index (χ1v) is 10.5. The standard InChI is InChI=1S/C19H28N2O3S2/c1-3-5-13-24-16(22)10-12-21-11-6-7-15(21)9-8-14(4-2)17-18(23)20-19(25)26-17/h6-7,11,18,23H,3-5,8-10,12-13H2,1-2H3,(H,20,25)/b17-14+. The highest BCUT2D eigenvalue weighted by atomic mass is 32.2. The fourth-order valence-corrected chi connectivity index (χ4v) is 4.20. The van der Waals surface area contributed by atoms with Gasteiger partial charge >= 0.3 is 5.97 Å². The summed E-state index contributed by atoms with van der Waals surface area (Å²) in [5, 5.41) is 12.9. The van der Waals surface area contributed by atoms with Gasteiger partial charge in [-0.25, -0.2) is 0 Å². The lowest BCUT2D eigenvalue weighted by molar-refractivity contribution is -0.144. The van der Waals surface area contributed by atoms with Gasteiger partial charge in [-0.15, -0.1) is 0 Å². The van der Waals surface area contributed by atoms with E-state index in [1.165, 1.54) is 23.0 Å². The Balaban J connectivity index is 1.89. The highest BCUT2D eigenvalue weighted by Gasteiger charge is 2.25. The minimum atomic E-state index is -0.674. The van der Waals surface area contributed by atoms with Crippen molar-refractivity contribution in [1.82, 2.24) is 9.88 Å². The summed E-state index contributed by atoms with van der Waals surface area (Å²) in [6.07, 6.45) is 6.27. The van der Waals surface area contributed by atoms with Crippen LogP contribution in [0.25, 0.3) is 0 Å². The lowest BCUT2D eigenvalue weighted by Crippen LogP contribution is -2.24. The van der Waals surface area contributed by atoms with Crippen molar-refractivity contribution in [2.45, 2.75) is 65.1 Å². The highest BCUT2D eigenvalue weighted by Crippen LogP contribution is 2.32. The number of thiocarbonyl (C=S) groups is 1. The van der Waals surface area contributed by atoms with E-state index < -0.39 is 6.23 Å². The van der Waals surface area contributed by atoms with Gasteiger partial charge in [0.1, 0.15) is 4.32 Å². The summed E-state index contributed by atoms with van der Waals surface area (Å²) in [6, 6.07) is 4.09. The van der Waals surface area contributed by atoms with Gasteiger partial charge in [0, 0.05) is 23.3 Å². The predicted molar refractivity (Wildman–Crippen MR) is 110 cm³/mol. The maximum absolute atomic E-state index is 11.8. The molecule has 26 heavy (non-hydrogen) atoms. The number of esters is 1. The molecule has 1 saturated heterocycles. The number of allylic oxidation sites excluding steroid dienone is 1. The Morgan fingerprint density at radius 1 is 1.42 bits per heavy atom. The number of aromatic nitrogens is 1. The predicted octanol–water partition coefficient (Wildman–Crippen LogP) is 3.76. The van der Waals surface area contributed by atoms with E-state index in [1.807, 2.05) is 12.3 Å². The molecule has 144 valence electrons. The number of thioether (sulfide) groups is 1.